The van der Waals surface area contributed by atoms with E-state index in [0.717, 1.165) is 17.7 Å². The molecule has 1 fully saturated rings. The molecule has 1 atom stereocenters. The van der Waals surface area contributed by atoms with Gasteiger partial charge in [0.2, 0.25) is 11.8 Å². The third-order valence-electron chi connectivity index (χ3n) is 3.05. The SMILES string of the molecule is CN1C(=O)CC(NCCCC(C)(C)C#N)C1=O. The smallest absolute Gasteiger partial charge is 0.246 e. The number of hydrogen-bond donors (Lipinski definition) is 1. The molecule has 0 aromatic carbocycles. The molecule has 17 heavy (non-hydrogen) atoms. The molecule has 1 aliphatic heterocycles. The van der Waals surface area contributed by atoms with E-state index in [1.807, 2.05) is 13.8 Å². The monoisotopic (exact) mass is 237 g/mol. The number of likely N-dealkylation sites (N-methyl/N-ethyl adjacent to an activating group) is 1. The standard InChI is InChI=1S/C12H19N3O2/c1-12(2,8-13)5-4-6-14-9-7-10(16)15(3)11(9)17/h9,14H,4-7H2,1-3H3. The Kier molecular flexibility index (Phi) is 4.24. The Hall–Kier alpha value is -1.41. The first kappa shape index (κ1) is 13.7. The predicted molar refractivity (Wildman–Crippen MR) is 62.8 cm³/mol. The molecular weight excluding hydrogens is 218 g/mol. The lowest BCUT2D eigenvalue weighted by Gasteiger charge is -2.16. The van der Waals surface area contributed by atoms with Gasteiger partial charge in [-0.05, 0) is 33.2 Å². The maximum atomic E-state index is 11.6. The van der Waals surface area contributed by atoms with Crippen molar-refractivity contribution in [2.75, 3.05) is 13.6 Å². The highest BCUT2D eigenvalue weighted by atomic mass is 16.2. The van der Waals surface area contributed by atoms with E-state index in [4.69, 9.17) is 5.26 Å². The zero-order valence-corrected chi connectivity index (χ0v) is 10.6. The second-order valence-electron chi connectivity index (χ2n) is 5.10. The van der Waals surface area contributed by atoms with Gasteiger partial charge < -0.3 is 5.32 Å². The van der Waals surface area contributed by atoms with Crippen LogP contribution in [0.3, 0.4) is 0 Å². The number of likely N-dealkylation sites (tertiary alicyclic amines) is 1. The van der Waals surface area contributed by atoms with Gasteiger partial charge in [-0.3, -0.25) is 14.5 Å². The lowest BCUT2D eigenvalue weighted by molar-refractivity contribution is -0.137. The second-order valence-corrected chi connectivity index (χ2v) is 5.10. The maximum Gasteiger partial charge on any atom is 0.246 e. The third kappa shape index (κ3) is 3.53. The summed E-state index contributed by atoms with van der Waals surface area (Å²) in [5, 5.41) is 11.9. The summed E-state index contributed by atoms with van der Waals surface area (Å²) in [5.74, 6) is -0.292. The predicted octanol–water partition coefficient (Wildman–Crippen LogP) is 0.663. The largest absolute Gasteiger partial charge is 0.305 e. The van der Waals surface area contributed by atoms with Gasteiger partial charge in [0.25, 0.3) is 0 Å². The Morgan fingerprint density at radius 3 is 2.65 bits per heavy atom. The molecule has 5 nitrogen and oxygen atoms in total. The van der Waals surface area contributed by atoms with Gasteiger partial charge in [-0.1, -0.05) is 0 Å². The van der Waals surface area contributed by atoms with Crippen molar-refractivity contribution in [3.63, 3.8) is 0 Å². The van der Waals surface area contributed by atoms with E-state index in [-0.39, 0.29) is 29.7 Å². The minimum atomic E-state index is -0.377. The summed E-state index contributed by atoms with van der Waals surface area (Å²) in [4.78, 5) is 24.0. The minimum absolute atomic E-state index is 0.134. The number of rotatable bonds is 5. The molecule has 1 heterocycles. The molecule has 0 aliphatic carbocycles. The van der Waals surface area contributed by atoms with Crippen LogP contribution in [-0.2, 0) is 9.59 Å². The number of hydrogen-bond acceptors (Lipinski definition) is 4. The van der Waals surface area contributed by atoms with E-state index in [1.54, 1.807) is 0 Å². The van der Waals surface area contributed by atoms with Crippen LogP contribution in [0.1, 0.15) is 33.1 Å². The van der Waals surface area contributed by atoms with Gasteiger partial charge in [0.05, 0.1) is 23.9 Å². The van der Waals surface area contributed by atoms with Crippen molar-refractivity contribution in [1.82, 2.24) is 10.2 Å². The summed E-state index contributed by atoms with van der Waals surface area (Å²) >= 11 is 0. The van der Waals surface area contributed by atoms with Crippen LogP contribution in [0.25, 0.3) is 0 Å². The maximum absolute atomic E-state index is 11.6. The molecule has 0 radical (unpaired) electrons. The molecule has 0 spiro atoms. The molecule has 1 unspecified atom stereocenters. The van der Waals surface area contributed by atoms with Crippen molar-refractivity contribution in [2.45, 2.75) is 39.2 Å². The lowest BCUT2D eigenvalue weighted by Crippen LogP contribution is -2.37. The molecule has 1 saturated heterocycles. The number of imide groups is 1. The molecule has 1 N–H and O–H groups in total. The van der Waals surface area contributed by atoms with E-state index < -0.39 is 0 Å². The Morgan fingerprint density at radius 1 is 1.53 bits per heavy atom. The highest BCUT2D eigenvalue weighted by Crippen LogP contribution is 2.20. The Labute approximate surface area is 102 Å². The van der Waals surface area contributed by atoms with Crippen LogP contribution in [0.5, 0.6) is 0 Å². The highest BCUT2D eigenvalue weighted by Gasteiger charge is 2.35. The summed E-state index contributed by atoms with van der Waals surface area (Å²) in [6.07, 6.45) is 1.85. The van der Waals surface area contributed by atoms with E-state index >= 15 is 0 Å². The molecule has 0 aromatic rings. The first-order valence-electron chi connectivity index (χ1n) is 5.82. The number of nitrogens with one attached hydrogen (secondary N) is 1. The molecule has 1 rings (SSSR count). The molecular formula is C12H19N3O2. The van der Waals surface area contributed by atoms with Gasteiger partial charge in [0, 0.05) is 7.05 Å². The van der Waals surface area contributed by atoms with Crippen LogP contribution in [0.2, 0.25) is 0 Å². The van der Waals surface area contributed by atoms with Crippen LogP contribution < -0.4 is 5.32 Å². The molecule has 0 saturated carbocycles. The Morgan fingerprint density at radius 2 is 2.18 bits per heavy atom. The van der Waals surface area contributed by atoms with Gasteiger partial charge in [0.15, 0.2) is 0 Å². The molecule has 94 valence electrons. The van der Waals surface area contributed by atoms with Crippen LogP contribution in [-0.4, -0.2) is 36.3 Å². The van der Waals surface area contributed by atoms with Gasteiger partial charge in [0.1, 0.15) is 0 Å². The van der Waals surface area contributed by atoms with Crippen LogP contribution in [0.4, 0.5) is 0 Å². The quantitative estimate of drug-likeness (QED) is 0.563. The molecule has 0 aromatic heterocycles. The first-order chi connectivity index (χ1) is 7.87. The highest BCUT2D eigenvalue weighted by molar-refractivity contribution is 6.05. The summed E-state index contributed by atoms with van der Waals surface area (Å²) in [5.41, 5.74) is -0.325. The normalized spacial score (nSPS) is 20.8. The average Bonchev–Trinajstić information content (AvgIpc) is 2.52. The average molecular weight is 237 g/mol. The number of carbonyl (C=O) groups is 2. The summed E-state index contributed by atoms with van der Waals surface area (Å²) < 4.78 is 0. The number of carbonyl (C=O) groups excluding carboxylic acids is 2. The number of amides is 2. The van der Waals surface area contributed by atoms with Crippen LogP contribution >= 0.6 is 0 Å². The lowest BCUT2D eigenvalue weighted by atomic mass is 9.90. The topological polar surface area (TPSA) is 73.2 Å². The fourth-order valence-electron chi connectivity index (χ4n) is 1.78. The third-order valence-corrected chi connectivity index (χ3v) is 3.05. The first-order valence-corrected chi connectivity index (χ1v) is 5.82. The van der Waals surface area contributed by atoms with Crippen molar-refractivity contribution < 1.29 is 9.59 Å². The second kappa shape index (κ2) is 5.28. The van der Waals surface area contributed by atoms with E-state index in [0.29, 0.717) is 6.54 Å². The van der Waals surface area contributed by atoms with Crippen LogP contribution in [0, 0.1) is 16.7 Å². The van der Waals surface area contributed by atoms with Crippen molar-refractivity contribution in [1.29, 1.82) is 5.26 Å². The van der Waals surface area contributed by atoms with E-state index in [1.165, 1.54) is 7.05 Å². The number of nitrogens with zero attached hydrogens (tertiary/aromatic N) is 2. The molecule has 1 aliphatic rings. The number of nitriles is 1. The van der Waals surface area contributed by atoms with Crippen molar-refractivity contribution in [3.8, 4) is 6.07 Å². The van der Waals surface area contributed by atoms with Gasteiger partial charge in [-0.25, -0.2) is 0 Å². The summed E-state index contributed by atoms with van der Waals surface area (Å²) in [7, 11) is 1.51. The molecule has 2 amide bonds. The van der Waals surface area contributed by atoms with Gasteiger partial charge >= 0.3 is 0 Å². The van der Waals surface area contributed by atoms with Crippen molar-refractivity contribution in [2.24, 2.45) is 5.41 Å². The van der Waals surface area contributed by atoms with Crippen molar-refractivity contribution >= 4 is 11.8 Å². The zero-order chi connectivity index (χ0) is 13.1. The van der Waals surface area contributed by atoms with Gasteiger partial charge in [-0.2, -0.15) is 5.26 Å². The zero-order valence-electron chi connectivity index (χ0n) is 10.6. The minimum Gasteiger partial charge on any atom is -0.305 e. The summed E-state index contributed by atoms with van der Waals surface area (Å²) in [6, 6.07) is 1.86. The van der Waals surface area contributed by atoms with Crippen molar-refractivity contribution in [3.05, 3.63) is 0 Å². The van der Waals surface area contributed by atoms with E-state index in [9.17, 15) is 9.59 Å². The van der Waals surface area contributed by atoms with Crippen LogP contribution in [0.15, 0.2) is 0 Å². The molecule has 0 bridgehead atoms. The van der Waals surface area contributed by atoms with Gasteiger partial charge in [-0.15, -0.1) is 0 Å². The Bertz CT molecular complexity index is 357. The fourth-order valence-corrected chi connectivity index (χ4v) is 1.78. The fraction of sp³-hybridized carbons (Fsp3) is 0.750. The van der Waals surface area contributed by atoms with E-state index in [2.05, 4.69) is 11.4 Å². The Balaban J connectivity index is 2.27. The molecule has 5 heteroatoms. The summed E-state index contributed by atoms with van der Waals surface area (Å²) in [6.45, 7) is 4.44.